The second-order valence-electron chi connectivity index (χ2n) is 27.1. The Kier molecular flexibility index (Phi) is 52.5. The highest BCUT2D eigenvalue weighted by Gasteiger charge is 2.43. The molecule has 0 aromatic heterocycles. The third kappa shape index (κ3) is 34.7. The second kappa shape index (κ2) is 58.2. The molecule has 0 spiro atoms. The molecule has 0 aromatic carbocycles. The molecule has 580 valence electrons. The summed E-state index contributed by atoms with van der Waals surface area (Å²) in [7, 11) is 5.17. The van der Waals surface area contributed by atoms with Crippen LogP contribution in [0.2, 0.25) is 0 Å². The molecule has 0 fully saturated rings. The monoisotopic (exact) mass is 1450 g/mol. The van der Waals surface area contributed by atoms with Gasteiger partial charge in [0, 0.05) is 92.5 Å². The van der Waals surface area contributed by atoms with Crippen LogP contribution in [-0.4, -0.2) is 146 Å². The number of unbranched alkanes of at least 4 members (excludes halogenated alkanes) is 16. The van der Waals surface area contributed by atoms with Gasteiger partial charge in [0.1, 0.15) is 23.0 Å². The average molecular weight is 1450 g/mol. The molecule has 9 amide bonds. The fraction of sp³-hybridized carbons (Fsp3) is 0.679. The maximum absolute atomic E-state index is 13.0. The fourth-order valence-corrected chi connectivity index (χ4v) is 12.7. The highest BCUT2D eigenvalue weighted by atomic mass is 19.1. The highest BCUT2D eigenvalue weighted by molar-refractivity contribution is 6.07. The molecule has 4 aliphatic heterocycles. The standard InChI is InChI=1S/C27H40N2O4.2C19H29NO3.C18H28N2O3.CH3F/c1-6-8-10-12-16-21(3)26(31)28-19-15-14-18-23-24(33-5)20-25(30)29(23)27(32)22(4)17-13-11-9-7-2;2*1-5-7-9-11-12-15(3)19(22)20-16(13-10-8-6-2)17(23-4)14-18(20)21;1-4-5-6-7-10-14(2)18(22)20-15(11-8-9-12-19)16(23-3)13-17(20)21;1-2/h1-2,20-23H,8-19H2,3-5H3,(H,28,31);2*1,14-16H,6-13H2,2-4H3;1,13-15H,5-12,19H2,2-3H3;1H3/t21-,22-,23+;2*15-,16+;14-,15+;/m1111./s1/i;;;;1D. The van der Waals surface area contributed by atoms with Crippen LogP contribution in [0.4, 0.5) is 4.39 Å². The molecule has 0 saturated heterocycles. The number of terminal acetylenes is 5. The van der Waals surface area contributed by atoms with Gasteiger partial charge < -0.3 is 30.0 Å². The van der Waals surface area contributed by atoms with E-state index < -0.39 is 7.15 Å². The van der Waals surface area contributed by atoms with E-state index in [0.29, 0.717) is 61.8 Å². The third-order valence-electron chi connectivity index (χ3n) is 18.9. The van der Waals surface area contributed by atoms with E-state index in [2.05, 4.69) is 48.8 Å². The lowest BCUT2D eigenvalue weighted by Gasteiger charge is -2.27. The quantitative estimate of drug-likeness (QED) is 0.0426. The highest BCUT2D eigenvalue weighted by Crippen LogP contribution is 2.32. The molecule has 4 rings (SSSR count). The summed E-state index contributed by atoms with van der Waals surface area (Å²) < 4.78 is 36.8. The first kappa shape index (κ1) is 93.9. The number of hydrogen-bond acceptors (Lipinski definition) is 14. The topological polar surface area (TPSA) is 242 Å². The van der Waals surface area contributed by atoms with Gasteiger partial charge in [-0.15, -0.1) is 61.7 Å². The summed E-state index contributed by atoms with van der Waals surface area (Å²) >= 11 is 0. The van der Waals surface area contributed by atoms with E-state index in [0.717, 1.165) is 193 Å². The predicted octanol–water partition coefficient (Wildman–Crippen LogP) is 14.3. The molecule has 4 heterocycles. The minimum absolute atomic E-state index is 0.0338. The number of amides is 9. The number of nitrogens with two attached hydrogens (primary N) is 1. The number of alkyl halides is 1. The molecule has 104 heavy (non-hydrogen) atoms. The van der Waals surface area contributed by atoms with Crippen molar-refractivity contribution in [1.29, 1.82) is 0 Å². The summed E-state index contributed by atoms with van der Waals surface area (Å²) in [5, 5.41) is 2.98. The molecule has 0 bridgehead atoms. The maximum atomic E-state index is 13.0. The molecular weight excluding hydrogens is 1320 g/mol. The summed E-state index contributed by atoms with van der Waals surface area (Å²) in [5.41, 5.74) is 5.52. The van der Waals surface area contributed by atoms with Crippen LogP contribution in [0, 0.1) is 91.3 Å². The summed E-state index contributed by atoms with van der Waals surface area (Å²) in [6, 6.07) is -1.15. The number of ether oxygens (including phenoxy) is 4. The van der Waals surface area contributed by atoms with Crippen LogP contribution in [0.5, 0.6) is 0 Å². The van der Waals surface area contributed by atoms with Crippen molar-refractivity contribution in [2.24, 2.45) is 35.3 Å². The minimum Gasteiger partial charge on any atom is -0.499 e. The summed E-state index contributed by atoms with van der Waals surface area (Å²) in [6.07, 6.45) is 60.9. The van der Waals surface area contributed by atoms with Crippen molar-refractivity contribution in [3.8, 4) is 61.7 Å². The van der Waals surface area contributed by atoms with Gasteiger partial charge in [-0.1, -0.05) is 119 Å². The van der Waals surface area contributed by atoms with Crippen LogP contribution in [0.3, 0.4) is 0 Å². The SMILES string of the molecule is C#CCCCC[C@@H](C)C(=O)N1C(=O)C=C(OC)[C@@H]1CCCCC.C#CCCCC[C@@H](C)C(=O)N1C(=O)C=C(OC)[C@@H]1CCCCC.C#CCCCC[C@@H](C)C(=O)N1C(=O)C=C(OC)[C@@H]1CCCCN.C#CCCCC[C@@H](C)C(=O)NCCCC[C@H]1C(OC)=CC(=O)N1C(=O)[C@H](C)CCCCC#C.[2H]CF. The third-order valence-corrected chi connectivity index (χ3v) is 18.9. The van der Waals surface area contributed by atoms with Crippen molar-refractivity contribution in [3.63, 3.8) is 0 Å². The first-order chi connectivity index (χ1) is 50.5. The van der Waals surface area contributed by atoms with Gasteiger partial charge in [0.15, 0.2) is 0 Å². The Labute approximate surface area is 627 Å². The molecule has 20 heteroatoms. The summed E-state index contributed by atoms with van der Waals surface area (Å²) in [5.74, 6) is 13.0. The van der Waals surface area contributed by atoms with Gasteiger partial charge in [-0.25, -0.2) is 0 Å². The smallest absolute Gasteiger partial charge is 0.257 e. The molecule has 3 N–H and O–H groups in total. The molecule has 0 saturated carbocycles. The number of nitrogens with one attached hydrogen (secondary N) is 1. The average Bonchev–Trinajstić information content (AvgIpc) is 1.78. The zero-order chi connectivity index (χ0) is 79.1. The van der Waals surface area contributed by atoms with Crippen LogP contribution in [0.15, 0.2) is 47.3 Å². The van der Waals surface area contributed by atoms with Gasteiger partial charge >= 0.3 is 0 Å². The van der Waals surface area contributed by atoms with Crippen molar-refractivity contribution >= 4 is 53.2 Å². The lowest BCUT2D eigenvalue weighted by molar-refractivity contribution is -0.147. The van der Waals surface area contributed by atoms with Crippen LogP contribution in [-0.2, 0) is 62.1 Å². The molecule has 0 radical (unpaired) electrons. The van der Waals surface area contributed by atoms with Crippen LogP contribution in [0.25, 0.3) is 0 Å². The van der Waals surface area contributed by atoms with E-state index in [1.54, 1.807) is 14.2 Å². The fourth-order valence-electron chi connectivity index (χ4n) is 12.7. The molecule has 0 aliphatic carbocycles. The largest absolute Gasteiger partial charge is 0.499 e. The van der Waals surface area contributed by atoms with E-state index in [-0.39, 0.29) is 107 Å². The van der Waals surface area contributed by atoms with Crippen LogP contribution >= 0.6 is 0 Å². The van der Waals surface area contributed by atoms with Gasteiger partial charge in [-0.05, 0) is 122 Å². The first-order valence-corrected chi connectivity index (χ1v) is 38.0. The lowest BCUT2D eigenvalue weighted by atomic mass is 10.00. The number of hydrogen-bond donors (Lipinski definition) is 2. The van der Waals surface area contributed by atoms with Crippen molar-refractivity contribution in [3.05, 3.63) is 47.3 Å². The van der Waals surface area contributed by atoms with Gasteiger partial charge in [0.25, 0.3) is 23.6 Å². The van der Waals surface area contributed by atoms with E-state index >= 15 is 0 Å². The van der Waals surface area contributed by atoms with Crippen molar-refractivity contribution in [1.82, 2.24) is 24.9 Å². The number of nitrogens with zero attached hydrogens (tertiary/aromatic N) is 4. The molecule has 19 nitrogen and oxygen atoms in total. The van der Waals surface area contributed by atoms with E-state index in [9.17, 15) is 47.5 Å². The Morgan fingerprint density at radius 3 is 0.875 bits per heavy atom. The lowest BCUT2D eigenvalue weighted by Crippen LogP contribution is -2.43. The number of halogens is 1. The van der Waals surface area contributed by atoms with Crippen LogP contribution in [0.1, 0.15) is 268 Å². The molecule has 9 atom stereocenters. The van der Waals surface area contributed by atoms with Gasteiger partial charge in [0.2, 0.25) is 29.5 Å². The zero-order valence-corrected chi connectivity index (χ0v) is 65.1. The predicted molar refractivity (Wildman–Crippen MR) is 410 cm³/mol. The zero-order valence-electron chi connectivity index (χ0n) is 66.1. The number of methoxy groups -OCH3 is 4. The van der Waals surface area contributed by atoms with Gasteiger partial charge in [-0.3, -0.25) is 67.1 Å². The number of rotatable bonds is 46. The summed E-state index contributed by atoms with van der Waals surface area (Å²) in [4.78, 5) is 118. The Hall–Kier alpha value is -8.12. The number of carbonyl (C=O) groups is 9. The number of imide groups is 4. The second-order valence-corrected chi connectivity index (χ2v) is 27.1. The van der Waals surface area contributed by atoms with Crippen molar-refractivity contribution in [2.45, 2.75) is 291 Å². The molecule has 0 unspecified atom stereocenters. The Bertz CT molecular complexity index is 2790. The minimum atomic E-state index is -1.00. The molecule has 4 aliphatic rings. The molecule has 0 aromatic rings. The van der Waals surface area contributed by atoms with Crippen molar-refractivity contribution < 1.29 is 67.9 Å². The first-order valence-electron chi connectivity index (χ1n) is 38.7. The van der Waals surface area contributed by atoms with Gasteiger partial charge in [-0.2, -0.15) is 0 Å². The van der Waals surface area contributed by atoms with Gasteiger partial charge in [0.05, 0.1) is 61.1 Å². The Morgan fingerprint density at radius 1 is 0.423 bits per heavy atom. The van der Waals surface area contributed by atoms with Crippen LogP contribution < -0.4 is 11.1 Å². The molecular formula is C84H129FN6O13. The normalized spacial score (nSPS) is 17.9. The Morgan fingerprint density at radius 2 is 0.654 bits per heavy atom. The van der Waals surface area contributed by atoms with E-state index in [1.807, 2.05) is 34.6 Å². The Balaban J connectivity index is 0.00000137. The van der Waals surface area contributed by atoms with Crippen molar-refractivity contribution in [2.75, 3.05) is 48.7 Å². The van der Waals surface area contributed by atoms with E-state index in [4.69, 9.17) is 58.2 Å². The summed E-state index contributed by atoms with van der Waals surface area (Å²) in [6.45, 7) is 14.9. The number of carbonyl (C=O) groups excluding carboxylic acids is 9. The van der Waals surface area contributed by atoms with E-state index in [1.165, 1.54) is 58.1 Å². The maximum Gasteiger partial charge on any atom is 0.257 e.